The highest BCUT2D eigenvalue weighted by atomic mass is 16.2. The number of hydrogen-bond acceptors (Lipinski definition) is 5. The molecule has 144 valence electrons. The molecule has 1 N–H and O–H groups in total. The van der Waals surface area contributed by atoms with Crippen LogP contribution in [0.3, 0.4) is 0 Å². The number of pyridine rings is 1. The van der Waals surface area contributed by atoms with Gasteiger partial charge in [0.2, 0.25) is 5.91 Å². The number of hydrogen-bond donors (Lipinski definition) is 1. The topological polar surface area (TPSA) is 99.1 Å². The van der Waals surface area contributed by atoms with E-state index in [9.17, 15) is 9.59 Å². The van der Waals surface area contributed by atoms with Crippen molar-refractivity contribution in [2.45, 2.75) is 33.4 Å². The summed E-state index contributed by atoms with van der Waals surface area (Å²) in [6.45, 7) is 6.24. The first kappa shape index (κ1) is 17.9. The molecule has 3 aromatic heterocycles. The third kappa shape index (κ3) is 3.04. The van der Waals surface area contributed by atoms with E-state index in [4.69, 9.17) is 0 Å². The molecule has 1 atom stereocenters. The molecule has 1 unspecified atom stereocenters. The molecule has 0 saturated heterocycles. The number of aromatic nitrogens is 6. The molecular weight excluding hydrogens is 358 g/mol. The molecule has 1 aromatic carbocycles. The van der Waals surface area contributed by atoms with Gasteiger partial charge in [0, 0.05) is 6.54 Å². The van der Waals surface area contributed by atoms with Crippen LogP contribution in [0.2, 0.25) is 0 Å². The van der Waals surface area contributed by atoms with E-state index < -0.39 is 6.04 Å². The minimum atomic E-state index is -0.477. The van der Waals surface area contributed by atoms with Gasteiger partial charge in [-0.2, -0.15) is 5.10 Å². The fraction of sp³-hybridized carbons (Fsp3) is 0.316. The molecule has 4 rings (SSSR count). The van der Waals surface area contributed by atoms with Crippen molar-refractivity contribution in [2.75, 3.05) is 6.54 Å². The van der Waals surface area contributed by atoms with Gasteiger partial charge in [-0.15, -0.1) is 5.10 Å². The van der Waals surface area contributed by atoms with E-state index in [0.29, 0.717) is 5.65 Å². The quantitative estimate of drug-likeness (QED) is 0.562. The minimum Gasteiger partial charge on any atom is -0.352 e. The number of fused-ring (bicyclic) bond motifs is 3. The van der Waals surface area contributed by atoms with Crippen LogP contribution >= 0.6 is 0 Å². The van der Waals surface area contributed by atoms with E-state index in [1.807, 2.05) is 38.1 Å². The Morgan fingerprint density at radius 1 is 1.25 bits per heavy atom. The zero-order valence-electron chi connectivity index (χ0n) is 16.0. The van der Waals surface area contributed by atoms with E-state index in [2.05, 4.69) is 20.5 Å². The molecule has 9 nitrogen and oxygen atoms in total. The summed E-state index contributed by atoms with van der Waals surface area (Å²) in [5.41, 5.74) is 3.25. The molecule has 4 aromatic rings. The summed E-state index contributed by atoms with van der Waals surface area (Å²) in [4.78, 5) is 29.0. The second kappa shape index (κ2) is 6.91. The summed E-state index contributed by atoms with van der Waals surface area (Å²) in [6, 6.07) is 7.57. The molecule has 28 heavy (non-hydrogen) atoms. The largest absolute Gasteiger partial charge is 0.352 e. The standard InChI is InChI=1S/C19H21N7O2/c1-12-4-5-15-9-13(2)17-23-24(19(28)26(17)16(15)8-12)7-6-21-18(27)14(3)25-11-20-10-22-25/h4-5,8-11,14H,6-7H2,1-3H3,(H,21,27). The maximum Gasteiger partial charge on any atom is 0.350 e. The van der Waals surface area contributed by atoms with Crippen molar-refractivity contribution in [1.82, 2.24) is 34.3 Å². The van der Waals surface area contributed by atoms with E-state index in [1.54, 1.807) is 11.3 Å². The summed E-state index contributed by atoms with van der Waals surface area (Å²) >= 11 is 0. The molecule has 0 aliphatic heterocycles. The van der Waals surface area contributed by atoms with E-state index in [-0.39, 0.29) is 24.7 Å². The molecule has 0 saturated carbocycles. The number of nitrogens with zero attached hydrogens (tertiary/aromatic N) is 6. The second-order valence-electron chi connectivity index (χ2n) is 6.90. The predicted molar refractivity (Wildman–Crippen MR) is 104 cm³/mol. The van der Waals surface area contributed by atoms with Crippen molar-refractivity contribution in [2.24, 2.45) is 0 Å². The number of carbonyl (C=O) groups excluding carboxylic acids is 1. The number of rotatable bonds is 5. The Bertz CT molecular complexity index is 1220. The molecule has 9 heteroatoms. The maximum absolute atomic E-state index is 12.9. The second-order valence-corrected chi connectivity index (χ2v) is 6.90. The van der Waals surface area contributed by atoms with Crippen molar-refractivity contribution in [3.05, 3.63) is 58.5 Å². The lowest BCUT2D eigenvalue weighted by Gasteiger charge is -2.11. The van der Waals surface area contributed by atoms with Crippen LogP contribution in [0.25, 0.3) is 16.6 Å². The zero-order chi connectivity index (χ0) is 19.8. The Labute approximate surface area is 160 Å². The van der Waals surface area contributed by atoms with Gasteiger partial charge in [-0.3, -0.25) is 4.79 Å². The summed E-state index contributed by atoms with van der Waals surface area (Å²) in [5, 5.41) is 12.2. The van der Waals surface area contributed by atoms with Gasteiger partial charge in [0.25, 0.3) is 0 Å². The molecule has 0 radical (unpaired) electrons. The SMILES string of the molecule is Cc1ccc2cc(C)c3nn(CCNC(=O)C(C)n4cncn4)c(=O)n3c2c1. The Hall–Kier alpha value is -3.49. The number of nitrogens with one attached hydrogen (secondary N) is 1. The van der Waals surface area contributed by atoms with Crippen molar-refractivity contribution < 1.29 is 4.79 Å². The molecule has 1 amide bonds. The highest BCUT2D eigenvalue weighted by Gasteiger charge is 2.16. The molecule has 0 bridgehead atoms. The van der Waals surface area contributed by atoms with Gasteiger partial charge in [-0.1, -0.05) is 12.1 Å². The molecule has 0 fully saturated rings. The third-order valence-electron chi connectivity index (χ3n) is 4.83. The molecule has 0 spiro atoms. The van der Waals surface area contributed by atoms with Gasteiger partial charge < -0.3 is 5.32 Å². The molecule has 0 aliphatic carbocycles. The van der Waals surface area contributed by atoms with Crippen LogP contribution in [0, 0.1) is 13.8 Å². The number of aryl methyl sites for hydroxylation is 2. The molecule has 0 aliphatic rings. The van der Waals surface area contributed by atoms with Crippen LogP contribution in [0.5, 0.6) is 0 Å². The Morgan fingerprint density at radius 2 is 2.07 bits per heavy atom. The normalized spacial score (nSPS) is 12.5. The van der Waals surface area contributed by atoms with Crippen molar-refractivity contribution in [3.8, 4) is 0 Å². The minimum absolute atomic E-state index is 0.195. The number of benzene rings is 1. The highest BCUT2D eigenvalue weighted by Crippen LogP contribution is 2.19. The monoisotopic (exact) mass is 379 g/mol. The average Bonchev–Trinajstić information content (AvgIpc) is 3.31. The lowest BCUT2D eigenvalue weighted by Crippen LogP contribution is -2.35. The third-order valence-corrected chi connectivity index (χ3v) is 4.83. The Balaban J connectivity index is 1.58. The highest BCUT2D eigenvalue weighted by molar-refractivity contribution is 5.84. The van der Waals surface area contributed by atoms with Gasteiger partial charge in [-0.05, 0) is 49.4 Å². The Morgan fingerprint density at radius 3 is 2.82 bits per heavy atom. The van der Waals surface area contributed by atoms with Gasteiger partial charge >= 0.3 is 5.69 Å². The lowest BCUT2D eigenvalue weighted by atomic mass is 10.1. The van der Waals surface area contributed by atoms with Gasteiger partial charge in [0.05, 0.1) is 12.1 Å². The number of carbonyl (C=O) groups is 1. The van der Waals surface area contributed by atoms with Crippen LogP contribution in [0.4, 0.5) is 0 Å². The van der Waals surface area contributed by atoms with Crippen LogP contribution in [0.15, 0.2) is 41.7 Å². The van der Waals surface area contributed by atoms with E-state index in [0.717, 1.165) is 22.0 Å². The maximum atomic E-state index is 12.9. The smallest absolute Gasteiger partial charge is 0.350 e. The first-order chi connectivity index (χ1) is 13.5. The van der Waals surface area contributed by atoms with Gasteiger partial charge in [-0.25, -0.2) is 23.5 Å². The first-order valence-corrected chi connectivity index (χ1v) is 9.07. The van der Waals surface area contributed by atoms with Crippen LogP contribution in [-0.2, 0) is 11.3 Å². The van der Waals surface area contributed by atoms with Crippen LogP contribution in [-0.4, -0.2) is 41.4 Å². The lowest BCUT2D eigenvalue weighted by molar-refractivity contribution is -0.124. The molecule has 3 heterocycles. The van der Waals surface area contributed by atoms with Gasteiger partial charge in [0.15, 0.2) is 5.65 Å². The Kier molecular flexibility index (Phi) is 4.42. The van der Waals surface area contributed by atoms with Gasteiger partial charge in [0.1, 0.15) is 18.7 Å². The average molecular weight is 379 g/mol. The van der Waals surface area contributed by atoms with E-state index >= 15 is 0 Å². The summed E-state index contributed by atoms with van der Waals surface area (Å²) in [7, 11) is 0. The summed E-state index contributed by atoms with van der Waals surface area (Å²) < 4.78 is 4.51. The predicted octanol–water partition coefficient (Wildman–Crippen LogP) is 1.23. The molecular formula is C19H21N7O2. The summed E-state index contributed by atoms with van der Waals surface area (Å²) in [6.07, 6.45) is 2.88. The fourth-order valence-corrected chi connectivity index (χ4v) is 3.26. The summed E-state index contributed by atoms with van der Waals surface area (Å²) in [5.74, 6) is -0.195. The van der Waals surface area contributed by atoms with Crippen LogP contribution in [0.1, 0.15) is 24.1 Å². The zero-order valence-corrected chi connectivity index (χ0v) is 16.0. The van der Waals surface area contributed by atoms with E-state index in [1.165, 1.54) is 22.0 Å². The number of amides is 1. The van der Waals surface area contributed by atoms with Crippen molar-refractivity contribution >= 4 is 22.5 Å². The fourth-order valence-electron chi connectivity index (χ4n) is 3.26. The van der Waals surface area contributed by atoms with Crippen molar-refractivity contribution in [1.29, 1.82) is 0 Å². The van der Waals surface area contributed by atoms with Crippen LogP contribution < -0.4 is 11.0 Å². The first-order valence-electron chi connectivity index (χ1n) is 9.07. The van der Waals surface area contributed by atoms with Crippen molar-refractivity contribution in [3.63, 3.8) is 0 Å².